The summed E-state index contributed by atoms with van der Waals surface area (Å²) in [6, 6.07) is 7.17. The van der Waals surface area contributed by atoms with E-state index in [1.807, 2.05) is 0 Å². The molecule has 0 aliphatic carbocycles. The molecule has 0 aromatic heterocycles. The van der Waals surface area contributed by atoms with Gasteiger partial charge in [-0.25, -0.2) is 8.42 Å². The highest BCUT2D eigenvalue weighted by molar-refractivity contribution is 7.93. The number of amides is 1. The minimum Gasteiger partial charge on any atom is -0.350 e. The second kappa shape index (κ2) is 7.51. The van der Waals surface area contributed by atoms with Crippen LogP contribution >= 0.6 is 12.4 Å². The Morgan fingerprint density at radius 1 is 1.35 bits per heavy atom. The molecule has 0 radical (unpaired) electrons. The van der Waals surface area contributed by atoms with Crippen molar-refractivity contribution in [3.8, 4) is 0 Å². The Labute approximate surface area is 143 Å². The van der Waals surface area contributed by atoms with Gasteiger partial charge in [-0.05, 0) is 44.0 Å². The Morgan fingerprint density at radius 3 is 2.83 bits per heavy atom. The third-order valence-corrected chi connectivity index (χ3v) is 6.04. The van der Waals surface area contributed by atoms with E-state index in [4.69, 9.17) is 0 Å². The molecular weight excluding hydrogens is 338 g/mol. The monoisotopic (exact) mass is 359 g/mol. The fourth-order valence-corrected chi connectivity index (χ4v) is 4.54. The van der Waals surface area contributed by atoms with Crippen molar-refractivity contribution in [2.75, 3.05) is 29.7 Å². The van der Waals surface area contributed by atoms with Crippen LogP contribution in [-0.4, -0.2) is 45.8 Å². The number of anilines is 1. The van der Waals surface area contributed by atoms with Gasteiger partial charge in [-0.1, -0.05) is 6.07 Å². The van der Waals surface area contributed by atoms with Gasteiger partial charge in [0, 0.05) is 24.7 Å². The van der Waals surface area contributed by atoms with Crippen molar-refractivity contribution >= 4 is 34.0 Å². The van der Waals surface area contributed by atoms with Crippen LogP contribution in [0.25, 0.3) is 0 Å². The van der Waals surface area contributed by atoms with Crippen LogP contribution in [0, 0.1) is 0 Å². The lowest BCUT2D eigenvalue weighted by Gasteiger charge is -2.18. The van der Waals surface area contributed by atoms with Gasteiger partial charge in [0.2, 0.25) is 10.0 Å². The van der Waals surface area contributed by atoms with Crippen LogP contribution in [-0.2, 0) is 10.0 Å². The van der Waals surface area contributed by atoms with Gasteiger partial charge < -0.3 is 10.6 Å². The second-order valence-corrected chi connectivity index (χ2v) is 7.81. The van der Waals surface area contributed by atoms with E-state index in [0.717, 1.165) is 19.4 Å². The highest BCUT2D eigenvalue weighted by Crippen LogP contribution is 2.24. The Morgan fingerprint density at radius 2 is 2.17 bits per heavy atom. The van der Waals surface area contributed by atoms with Gasteiger partial charge in [-0.2, -0.15) is 0 Å². The Balaban J connectivity index is 0.00000192. The van der Waals surface area contributed by atoms with Gasteiger partial charge in [0.05, 0.1) is 11.4 Å². The SMILES string of the molecule is Cl.O=C(NCC1CCCN1)c1cccc(N2CCCS2(=O)=O)c1. The largest absolute Gasteiger partial charge is 0.350 e. The van der Waals surface area contributed by atoms with Crippen LogP contribution in [0.2, 0.25) is 0 Å². The number of carbonyl (C=O) groups excluding carboxylic acids is 1. The summed E-state index contributed by atoms with van der Waals surface area (Å²) in [5.74, 6) is 0.0173. The van der Waals surface area contributed by atoms with E-state index in [-0.39, 0.29) is 24.1 Å². The zero-order valence-corrected chi connectivity index (χ0v) is 14.5. The lowest BCUT2D eigenvalue weighted by atomic mass is 10.1. The first-order valence-corrected chi connectivity index (χ1v) is 9.29. The van der Waals surface area contributed by atoms with Gasteiger partial charge in [-0.15, -0.1) is 12.4 Å². The van der Waals surface area contributed by atoms with Crippen molar-refractivity contribution in [2.24, 2.45) is 0 Å². The molecule has 2 fully saturated rings. The maximum absolute atomic E-state index is 12.2. The number of rotatable bonds is 4. The average molecular weight is 360 g/mol. The molecule has 2 N–H and O–H groups in total. The minimum absolute atomic E-state index is 0. The summed E-state index contributed by atoms with van der Waals surface area (Å²) in [6.07, 6.45) is 2.85. The molecular formula is C15H22ClN3O3S. The second-order valence-electron chi connectivity index (χ2n) is 5.80. The molecule has 2 aliphatic rings. The molecule has 0 spiro atoms. The molecule has 2 aliphatic heterocycles. The van der Waals surface area contributed by atoms with Crippen LogP contribution in [0.15, 0.2) is 24.3 Å². The summed E-state index contributed by atoms with van der Waals surface area (Å²) >= 11 is 0. The molecule has 23 heavy (non-hydrogen) atoms. The van der Waals surface area contributed by atoms with Crippen molar-refractivity contribution in [1.82, 2.24) is 10.6 Å². The first-order valence-electron chi connectivity index (χ1n) is 7.68. The van der Waals surface area contributed by atoms with Crippen molar-refractivity contribution in [3.63, 3.8) is 0 Å². The molecule has 6 nitrogen and oxygen atoms in total. The number of hydrogen-bond acceptors (Lipinski definition) is 4. The third-order valence-electron chi connectivity index (χ3n) is 4.17. The maximum Gasteiger partial charge on any atom is 0.251 e. The van der Waals surface area contributed by atoms with Gasteiger partial charge >= 0.3 is 0 Å². The molecule has 2 saturated heterocycles. The quantitative estimate of drug-likeness (QED) is 0.844. The van der Waals surface area contributed by atoms with Crippen molar-refractivity contribution in [3.05, 3.63) is 29.8 Å². The number of benzene rings is 1. The normalized spacial score (nSPS) is 22.6. The van der Waals surface area contributed by atoms with Gasteiger partial charge in [0.1, 0.15) is 0 Å². The zero-order valence-electron chi connectivity index (χ0n) is 12.8. The van der Waals surface area contributed by atoms with Crippen molar-refractivity contribution < 1.29 is 13.2 Å². The molecule has 0 saturated carbocycles. The lowest BCUT2D eigenvalue weighted by Crippen LogP contribution is -2.37. The summed E-state index contributed by atoms with van der Waals surface area (Å²) in [6.45, 7) is 2.09. The number of sulfonamides is 1. The Hall–Kier alpha value is -1.31. The topological polar surface area (TPSA) is 78.5 Å². The van der Waals surface area contributed by atoms with Gasteiger partial charge in [-0.3, -0.25) is 9.10 Å². The molecule has 1 atom stereocenters. The number of carbonyl (C=O) groups is 1. The third kappa shape index (κ3) is 4.16. The van der Waals surface area contributed by atoms with Crippen molar-refractivity contribution in [2.45, 2.75) is 25.3 Å². The van der Waals surface area contributed by atoms with Crippen LogP contribution in [0.1, 0.15) is 29.6 Å². The molecule has 0 bridgehead atoms. The predicted octanol–water partition coefficient (Wildman–Crippen LogP) is 1.13. The first kappa shape index (κ1) is 18.0. The summed E-state index contributed by atoms with van der Waals surface area (Å²) in [5.41, 5.74) is 1.07. The van der Waals surface area contributed by atoms with E-state index in [1.165, 1.54) is 4.31 Å². The summed E-state index contributed by atoms with van der Waals surface area (Å²) in [7, 11) is -3.22. The van der Waals surface area contributed by atoms with Crippen LogP contribution in [0.4, 0.5) is 5.69 Å². The highest BCUT2D eigenvalue weighted by Gasteiger charge is 2.28. The number of halogens is 1. The first-order chi connectivity index (χ1) is 10.6. The predicted molar refractivity (Wildman–Crippen MR) is 92.8 cm³/mol. The molecule has 8 heteroatoms. The zero-order chi connectivity index (χ0) is 15.6. The average Bonchev–Trinajstić information content (AvgIpc) is 3.13. The fourth-order valence-electron chi connectivity index (χ4n) is 2.98. The number of hydrogen-bond donors (Lipinski definition) is 2. The summed E-state index contributed by atoms with van der Waals surface area (Å²) in [4.78, 5) is 12.2. The standard InChI is InChI=1S/C15H21N3O3S.ClH/c19-15(17-11-13-5-2-7-16-13)12-4-1-6-14(10-12)18-8-3-9-22(18,20)21;/h1,4,6,10,13,16H,2-3,5,7-9,11H2,(H,17,19);1H. The number of nitrogens with one attached hydrogen (secondary N) is 2. The molecule has 3 rings (SSSR count). The minimum atomic E-state index is -3.22. The summed E-state index contributed by atoms with van der Waals surface area (Å²) < 4.78 is 25.3. The lowest BCUT2D eigenvalue weighted by molar-refractivity contribution is 0.0950. The molecule has 1 amide bonds. The van der Waals surface area contributed by atoms with Gasteiger partial charge in [0.15, 0.2) is 0 Å². The van der Waals surface area contributed by atoms with Crippen LogP contribution in [0.3, 0.4) is 0 Å². The molecule has 128 valence electrons. The smallest absolute Gasteiger partial charge is 0.251 e. The molecule has 1 aromatic carbocycles. The fraction of sp³-hybridized carbons (Fsp3) is 0.533. The van der Waals surface area contributed by atoms with Crippen LogP contribution in [0.5, 0.6) is 0 Å². The number of nitrogens with zero attached hydrogens (tertiary/aromatic N) is 1. The molecule has 1 aromatic rings. The van der Waals surface area contributed by atoms with E-state index >= 15 is 0 Å². The Bertz CT molecular complexity index is 660. The van der Waals surface area contributed by atoms with Crippen LogP contribution < -0.4 is 14.9 Å². The molecule has 2 heterocycles. The van der Waals surface area contributed by atoms with E-state index in [0.29, 0.717) is 36.8 Å². The Kier molecular flexibility index (Phi) is 5.89. The van der Waals surface area contributed by atoms with Crippen molar-refractivity contribution in [1.29, 1.82) is 0 Å². The van der Waals surface area contributed by atoms with E-state index < -0.39 is 10.0 Å². The van der Waals surface area contributed by atoms with Gasteiger partial charge in [0.25, 0.3) is 5.91 Å². The highest BCUT2D eigenvalue weighted by atomic mass is 35.5. The van der Waals surface area contributed by atoms with E-state index in [9.17, 15) is 13.2 Å². The van der Waals surface area contributed by atoms with E-state index in [1.54, 1.807) is 24.3 Å². The maximum atomic E-state index is 12.2. The molecule has 1 unspecified atom stereocenters. The summed E-state index contributed by atoms with van der Waals surface area (Å²) in [5, 5.41) is 6.24. The van der Waals surface area contributed by atoms with E-state index in [2.05, 4.69) is 10.6 Å².